The van der Waals surface area contributed by atoms with Crippen LogP contribution in [0.3, 0.4) is 0 Å². The van der Waals surface area contributed by atoms with Gasteiger partial charge < -0.3 is 5.32 Å². The Kier molecular flexibility index (Phi) is 5.12. The van der Waals surface area contributed by atoms with Gasteiger partial charge >= 0.3 is 0 Å². The second kappa shape index (κ2) is 6.70. The van der Waals surface area contributed by atoms with E-state index in [9.17, 15) is 13.2 Å². The molecule has 0 bridgehead atoms. The van der Waals surface area contributed by atoms with E-state index in [1.54, 1.807) is 20.0 Å². The Balaban J connectivity index is 2.37. The minimum absolute atomic E-state index is 0.0780. The maximum Gasteiger partial charge on any atom is 0.217 e. The summed E-state index contributed by atoms with van der Waals surface area (Å²) in [6, 6.07) is -0.268. The van der Waals surface area contributed by atoms with E-state index in [1.807, 2.05) is 0 Å². The lowest BCUT2D eigenvalue weighted by atomic mass is 10.1. The van der Waals surface area contributed by atoms with E-state index in [-0.39, 0.29) is 17.7 Å². The lowest BCUT2D eigenvalue weighted by Gasteiger charge is -2.25. The van der Waals surface area contributed by atoms with Gasteiger partial charge in [0.2, 0.25) is 15.9 Å². The van der Waals surface area contributed by atoms with Crippen molar-refractivity contribution in [3.63, 3.8) is 0 Å². The van der Waals surface area contributed by atoms with Crippen molar-refractivity contribution >= 4 is 15.9 Å². The molecule has 1 aromatic heterocycles. The summed E-state index contributed by atoms with van der Waals surface area (Å²) in [6.07, 6.45) is 3.22. The quantitative estimate of drug-likeness (QED) is 0.868. The molecule has 0 radical (unpaired) electrons. The number of sulfonamides is 1. The van der Waals surface area contributed by atoms with Gasteiger partial charge in [-0.25, -0.2) is 18.4 Å². The summed E-state index contributed by atoms with van der Waals surface area (Å²) in [6.45, 7) is 5.69. The van der Waals surface area contributed by atoms with Crippen molar-refractivity contribution in [2.45, 2.75) is 46.2 Å². The van der Waals surface area contributed by atoms with E-state index in [0.29, 0.717) is 24.6 Å². The van der Waals surface area contributed by atoms with Crippen molar-refractivity contribution in [1.29, 1.82) is 0 Å². The van der Waals surface area contributed by atoms with Crippen LogP contribution in [0.1, 0.15) is 49.8 Å². The molecule has 1 aromatic rings. The van der Waals surface area contributed by atoms with E-state index >= 15 is 0 Å². The number of nitrogens with zero attached hydrogens (tertiary/aromatic N) is 3. The van der Waals surface area contributed by atoms with Crippen LogP contribution in [0.15, 0.2) is 6.20 Å². The topological polar surface area (TPSA) is 92.3 Å². The zero-order chi connectivity index (χ0) is 16.3. The standard InChI is InChI=1S/C14H22N4O3S/c1-4-22(20,21)18-7-5-6-13(18)14-12(9-16-11(3)19)8-15-10(2)17-14/h8,13H,4-7,9H2,1-3H3,(H,16,19). The molecule has 0 spiro atoms. The van der Waals surface area contributed by atoms with Crippen LogP contribution in [0.5, 0.6) is 0 Å². The van der Waals surface area contributed by atoms with E-state index in [1.165, 1.54) is 11.2 Å². The predicted octanol–water partition coefficient (Wildman–Crippen LogP) is 0.908. The van der Waals surface area contributed by atoms with Crippen LogP contribution in [0.25, 0.3) is 0 Å². The van der Waals surface area contributed by atoms with Crippen LogP contribution in [0, 0.1) is 6.92 Å². The van der Waals surface area contributed by atoms with Gasteiger partial charge in [-0.1, -0.05) is 0 Å². The molecule has 1 aliphatic heterocycles. The summed E-state index contributed by atoms with van der Waals surface area (Å²) < 4.78 is 26.1. The highest BCUT2D eigenvalue weighted by Gasteiger charge is 2.36. The number of aromatic nitrogens is 2. The molecule has 0 saturated carbocycles. The number of amides is 1. The van der Waals surface area contributed by atoms with E-state index in [0.717, 1.165) is 18.4 Å². The summed E-state index contributed by atoms with van der Waals surface area (Å²) in [5.41, 5.74) is 1.47. The predicted molar refractivity (Wildman–Crippen MR) is 82.4 cm³/mol. The maximum atomic E-state index is 12.3. The van der Waals surface area contributed by atoms with Crippen LogP contribution in [0.4, 0.5) is 0 Å². The molecule has 1 unspecified atom stereocenters. The average Bonchev–Trinajstić information content (AvgIpc) is 2.95. The molecule has 1 aliphatic rings. The number of hydrogen-bond donors (Lipinski definition) is 1. The molecule has 2 heterocycles. The lowest BCUT2D eigenvalue weighted by molar-refractivity contribution is -0.119. The number of carbonyl (C=O) groups excluding carboxylic acids is 1. The zero-order valence-corrected chi connectivity index (χ0v) is 14.0. The van der Waals surface area contributed by atoms with Gasteiger partial charge in [-0.3, -0.25) is 4.79 Å². The van der Waals surface area contributed by atoms with Crippen LogP contribution in [-0.4, -0.2) is 40.9 Å². The molecule has 22 heavy (non-hydrogen) atoms. The molecule has 0 aromatic carbocycles. The van der Waals surface area contributed by atoms with Crippen molar-refractivity contribution in [2.24, 2.45) is 0 Å². The fourth-order valence-corrected chi connectivity index (χ4v) is 4.00. The molecule has 1 fully saturated rings. The summed E-state index contributed by atoms with van der Waals surface area (Å²) in [5, 5.41) is 2.73. The third kappa shape index (κ3) is 3.61. The summed E-state index contributed by atoms with van der Waals surface area (Å²) >= 11 is 0. The van der Waals surface area contributed by atoms with Crippen molar-refractivity contribution in [1.82, 2.24) is 19.6 Å². The number of rotatable bonds is 5. The first-order valence-corrected chi connectivity index (χ1v) is 9.02. The van der Waals surface area contributed by atoms with Gasteiger partial charge in [0, 0.05) is 31.8 Å². The monoisotopic (exact) mass is 326 g/mol. The minimum atomic E-state index is -3.27. The largest absolute Gasteiger partial charge is 0.352 e. The Morgan fingerprint density at radius 1 is 1.50 bits per heavy atom. The summed E-state index contributed by atoms with van der Waals surface area (Å²) in [4.78, 5) is 19.8. The molecule has 1 N–H and O–H groups in total. The molecular formula is C14H22N4O3S. The molecule has 1 atom stereocenters. The highest BCUT2D eigenvalue weighted by Crippen LogP contribution is 2.34. The first-order chi connectivity index (χ1) is 10.3. The van der Waals surface area contributed by atoms with Gasteiger partial charge in [0.1, 0.15) is 5.82 Å². The van der Waals surface area contributed by atoms with Crippen LogP contribution in [-0.2, 0) is 21.4 Å². The molecule has 1 saturated heterocycles. The number of aryl methyl sites for hydroxylation is 1. The number of carbonyl (C=O) groups is 1. The lowest BCUT2D eigenvalue weighted by Crippen LogP contribution is -2.33. The molecule has 2 rings (SSSR count). The van der Waals surface area contributed by atoms with Crippen molar-refractivity contribution < 1.29 is 13.2 Å². The normalized spacial score (nSPS) is 19.3. The molecule has 7 nitrogen and oxygen atoms in total. The molecule has 1 amide bonds. The van der Waals surface area contributed by atoms with E-state index in [4.69, 9.17) is 0 Å². The first-order valence-electron chi connectivity index (χ1n) is 7.41. The van der Waals surface area contributed by atoms with Crippen LogP contribution >= 0.6 is 0 Å². The smallest absolute Gasteiger partial charge is 0.217 e. The molecule has 122 valence electrons. The van der Waals surface area contributed by atoms with Gasteiger partial charge in [0.25, 0.3) is 0 Å². The summed E-state index contributed by atoms with van der Waals surface area (Å²) in [5.74, 6) is 0.535. The van der Waals surface area contributed by atoms with E-state index in [2.05, 4.69) is 15.3 Å². The minimum Gasteiger partial charge on any atom is -0.352 e. The highest BCUT2D eigenvalue weighted by atomic mass is 32.2. The van der Waals surface area contributed by atoms with Gasteiger partial charge in [-0.2, -0.15) is 4.31 Å². The highest BCUT2D eigenvalue weighted by molar-refractivity contribution is 7.89. The van der Waals surface area contributed by atoms with E-state index < -0.39 is 10.0 Å². The van der Waals surface area contributed by atoms with Crippen molar-refractivity contribution in [3.05, 3.63) is 23.3 Å². The zero-order valence-electron chi connectivity index (χ0n) is 13.2. The Labute approximate surface area is 131 Å². The second-order valence-electron chi connectivity index (χ2n) is 5.41. The van der Waals surface area contributed by atoms with Crippen LogP contribution < -0.4 is 5.32 Å². The SMILES string of the molecule is CCS(=O)(=O)N1CCCC1c1nc(C)ncc1CNC(C)=O. The fourth-order valence-electron chi connectivity index (χ4n) is 2.67. The van der Waals surface area contributed by atoms with Gasteiger partial charge in [-0.15, -0.1) is 0 Å². The fraction of sp³-hybridized carbons (Fsp3) is 0.643. The van der Waals surface area contributed by atoms with Crippen LogP contribution in [0.2, 0.25) is 0 Å². The van der Waals surface area contributed by atoms with Crippen molar-refractivity contribution in [3.8, 4) is 0 Å². The first kappa shape index (κ1) is 16.8. The Hall–Kier alpha value is -1.54. The third-order valence-electron chi connectivity index (χ3n) is 3.79. The maximum absolute atomic E-state index is 12.3. The Morgan fingerprint density at radius 3 is 2.86 bits per heavy atom. The van der Waals surface area contributed by atoms with Gasteiger partial charge in [-0.05, 0) is 26.7 Å². The van der Waals surface area contributed by atoms with Gasteiger partial charge in [0.05, 0.1) is 17.5 Å². The molecular weight excluding hydrogens is 304 g/mol. The van der Waals surface area contributed by atoms with Crippen molar-refractivity contribution in [2.75, 3.05) is 12.3 Å². The average molecular weight is 326 g/mol. The van der Waals surface area contributed by atoms with Gasteiger partial charge in [0.15, 0.2) is 0 Å². The summed E-state index contributed by atoms with van der Waals surface area (Å²) in [7, 11) is -3.27. The molecule has 0 aliphatic carbocycles. The third-order valence-corrected chi connectivity index (χ3v) is 5.67. The second-order valence-corrected chi connectivity index (χ2v) is 7.62. The Morgan fingerprint density at radius 2 is 2.23 bits per heavy atom. The number of nitrogens with one attached hydrogen (secondary N) is 1. The number of hydrogen-bond acceptors (Lipinski definition) is 5. The molecule has 8 heteroatoms. The Bertz CT molecular complexity index is 660.